The Labute approximate surface area is 113 Å². The van der Waals surface area contributed by atoms with Gasteiger partial charge in [-0.2, -0.15) is 0 Å². The van der Waals surface area contributed by atoms with Crippen LogP contribution < -0.4 is 9.47 Å². The lowest BCUT2D eigenvalue weighted by molar-refractivity contribution is 0.0430. The minimum atomic E-state index is -0.505. The first kappa shape index (κ1) is 12.8. The predicted octanol–water partition coefficient (Wildman–Crippen LogP) is 2.31. The van der Waals surface area contributed by atoms with Crippen LogP contribution in [0.4, 0.5) is 0 Å². The predicted molar refractivity (Wildman–Crippen MR) is 70.5 cm³/mol. The second-order valence-electron chi connectivity index (χ2n) is 5.23. The van der Waals surface area contributed by atoms with Crippen molar-refractivity contribution in [2.75, 3.05) is 19.8 Å². The molecule has 1 aromatic rings. The lowest BCUT2D eigenvalue weighted by Crippen LogP contribution is -2.19. The van der Waals surface area contributed by atoms with Gasteiger partial charge in [0, 0.05) is 18.9 Å². The van der Waals surface area contributed by atoms with E-state index in [1.807, 2.05) is 25.1 Å². The van der Waals surface area contributed by atoms with Gasteiger partial charge in [0.25, 0.3) is 0 Å². The van der Waals surface area contributed by atoms with E-state index < -0.39 is 6.10 Å². The molecule has 2 aliphatic rings. The molecule has 2 aliphatic heterocycles. The summed E-state index contributed by atoms with van der Waals surface area (Å²) >= 11 is 0. The fraction of sp³-hybridized carbons (Fsp3) is 0.600. The summed E-state index contributed by atoms with van der Waals surface area (Å²) in [6.07, 6.45) is 1.39. The van der Waals surface area contributed by atoms with Gasteiger partial charge in [0.15, 0.2) is 11.5 Å². The number of hydrogen-bond donors (Lipinski definition) is 1. The standard InChI is InChI=1S/C15H20O4/c1-10-12(5-8-17-10)15(16)11-3-4-13-14(9-11)19-7-2-6-18-13/h3-4,9-10,12,15-16H,2,5-8H2,1H3. The molecule has 3 atom stereocenters. The highest BCUT2D eigenvalue weighted by Crippen LogP contribution is 2.37. The Morgan fingerprint density at radius 3 is 2.68 bits per heavy atom. The van der Waals surface area contributed by atoms with Crippen molar-refractivity contribution < 1.29 is 19.3 Å². The van der Waals surface area contributed by atoms with Crippen molar-refractivity contribution >= 4 is 0 Å². The summed E-state index contributed by atoms with van der Waals surface area (Å²) in [5.74, 6) is 1.66. The summed E-state index contributed by atoms with van der Waals surface area (Å²) in [7, 11) is 0. The van der Waals surface area contributed by atoms with Crippen molar-refractivity contribution in [2.45, 2.75) is 32.0 Å². The summed E-state index contributed by atoms with van der Waals surface area (Å²) in [6, 6.07) is 5.71. The van der Waals surface area contributed by atoms with Crippen molar-refractivity contribution in [3.8, 4) is 11.5 Å². The van der Waals surface area contributed by atoms with E-state index in [2.05, 4.69) is 0 Å². The summed E-state index contributed by atoms with van der Waals surface area (Å²) in [5.41, 5.74) is 0.881. The number of aliphatic hydroxyl groups excluding tert-OH is 1. The number of ether oxygens (including phenoxy) is 3. The van der Waals surface area contributed by atoms with E-state index in [4.69, 9.17) is 14.2 Å². The minimum Gasteiger partial charge on any atom is -0.490 e. The SMILES string of the molecule is CC1OCCC1C(O)c1ccc2c(c1)OCCCO2. The van der Waals surface area contributed by atoms with Crippen LogP contribution >= 0.6 is 0 Å². The molecular weight excluding hydrogens is 244 g/mol. The van der Waals surface area contributed by atoms with Crippen LogP contribution in [0.15, 0.2) is 18.2 Å². The molecule has 0 radical (unpaired) electrons. The van der Waals surface area contributed by atoms with Gasteiger partial charge in [-0.1, -0.05) is 6.07 Å². The maximum absolute atomic E-state index is 10.5. The smallest absolute Gasteiger partial charge is 0.161 e. The molecule has 1 N–H and O–H groups in total. The quantitative estimate of drug-likeness (QED) is 0.890. The summed E-state index contributed by atoms with van der Waals surface area (Å²) in [5, 5.41) is 10.5. The zero-order valence-corrected chi connectivity index (χ0v) is 11.2. The molecule has 3 unspecified atom stereocenters. The molecule has 19 heavy (non-hydrogen) atoms. The Morgan fingerprint density at radius 1 is 1.16 bits per heavy atom. The van der Waals surface area contributed by atoms with Crippen LogP contribution in [0.3, 0.4) is 0 Å². The van der Waals surface area contributed by atoms with Crippen LogP contribution in [0.2, 0.25) is 0 Å². The maximum Gasteiger partial charge on any atom is 0.161 e. The van der Waals surface area contributed by atoms with Crippen LogP contribution in [0.25, 0.3) is 0 Å². The molecule has 104 valence electrons. The molecule has 1 aromatic carbocycles. The molecule has 0 amide bonds. The number of hydrogen-bond acceptors (Lipinski definition) is 4. The van der Waals surface area contributed by atoms with Crippen LogP contribution in [-0.2, 0) is 4.74 Å². The van der Waals surface area contributed by atoms with Gasteiger partial charge in [-0.05, 0) is 31.0 Å². The van der Waals surface area contributed by atoms with Gasteiger partial charge in [-0.15, -0.1) is 0 Å². The normalized spacial score (nSPS) is 27.9. The zero-order valence-electron chi connectivity index (χ0n) is 11.2. The first-order chi connectivity index (χ1) is 9.25. The topological polar surface area (TPSA) is 47.9 Å². The van der Waals surface area contributed by atoms with Crippen molar-refractivity contribution in [3.63, 3.8) is 0 Å². The first-order valence-electron chi connectivity index (χ1n) is 6.95. The minimum absolute atomic E-state index is 0.103. The number of benzene rings is 1. The van der Waals surface area contributed by atoms with Crippen molar-refractivity contribution in [2.24, 2.45) is 5.92 Å². The van der Waals surface area contributed by atoms with Gasteiger partial charge in [0.2, 0.25) is 0 Å². The third kappa shape index (κ3) is 2.55. The first-order valence-corrected chi connectivity index (χ1v) is 6.95. The Balaban J connectivity index is 1.82. The molecule has 2 heterocycles. The molecule has 0 aliphatic carbocycles. The van der Waals surface area contributed by atoms with Gasteiger partial charge < -0.3 is 19.3 Å². The van der Waals surface area contributed by atoms with Crippen molar-refractivity contribution in [1.29, 1.82) is 0 Å². The number of rotatable bonds is 2. The van der Waals surface area contributed by atoms with E-state index >= 15 is 0 Å². The van der Waals surface area contributed by atoms with Gasteiger partial charge in [-0.25, -0.2) is 0 Å². The number of aliphatic hydroxyl groups is 1. The zero-order chi connectivity index (χ0) is 13.2. The Kier molecular flexibility index (Phi) is 3.62. The molecule has 0 saturated carbocycles. The Bertz CT molecular complexity index is 446. The van der Waals surface area contributed by atoms with Crippen LogP contribution in [-0.4, -0.2) is 31.0 Å². The van der Waals surface area contributed by atoms with Crippen LogP contribution in [0, 0.1) is 5.92 Å². The molecule has 0 spiro atoms. The molecular formula is C15H20O4. The average Bonchev–Trinajstić information content (AvgIpc) is 2.72. The summed E-state index contributed by atoms with van der Waals surface area (Å²) < 4.78 is 16.8. The highest BCUT2D eigenvalue weighted by molar-refractivity contribution is 5.44. The molecule has 3 rings (SSSR count). The third-order valence-electron chi connectivity index (χ3n) is 3.95. The largest absolute Gasteiger partial charge is 0.490 e. The van der Waals surface area contributed by atoms with Gasteiger partial charge in [-0.3, -0.25) is 0 Å². The molecule has 0 aromatic heterocycles. The van der Waals surface area contributed by atoms with E-state index in [1.165, 1.54) is 0 Å². The lowest BCUT2D eigenvalue weighted by Gasteiger charge is -2.22. The molecule has 1 saturated heterocycles. The highest BCUT2D eigenvalue weighted by Gasteiger charge is 2.32. The monoisotopic (exact) mass is 264 g/mol. The van der Waals surface area contributed by atoms with Gasteiger partial charge in [0.1, 0.15) is 0 Å². The maximum atomic E-state index is 10.5. The van der Waals surface area contributed by atoms with E-state index in [0.717, 1.165) is 36.5 Å². The number of fused-ring (bicyclic) bond motifs is 1. The van der Waals surface area contributed by atoms with Crippen LogP contribution in [0.5, 0.6) is 11.5 Å². The van der Waals surface area contributed by atoms with Crippen molar-refractivity contribution in [1.82, 2.24) is 0 Å². The molecule has 4 heteroatoms. The fourth-order valence-corrected chi connectivity index (χ4v) is 2.77. The Hall–Kier alpha value is -1.26. The third-order valence-corrected chi connectivity index (χ3v) is 3.95. The molecule has 1 fully saturated rings. The summed E-state index contributed by atoms with van der Waals surface area (Å²) in [4.78, 5) is 0. The van der Waals surface area contributed by atoms with E-state index in [9.17, 15) is 5.11 Å². The molecule has 0 bridgehead atoms. The fourth-order valence-electron chi connectivity index (χ4n) is 2.77. The summed E-state index contributed by atoms with van der Waals surface area (Å²) in [6.45, 7) is 4.09. The van der Waals surface area contributed by atoms with E-state index in [0.29, 0.717) is 13.2 Å². The highest BCUT2D eigenvalue weighted by atomic mass is 16.5. The van der Waals surface area contributed by atoms with E-state index in [1.54, 1.807) is 0 Å². The second-order valence-corrected chi connectivity index (χ2v) is 5.23. The van der Waals surface area contributed by atoms with Gasteiger partial charge in [0.05, 0.1) is 25.4 Å². The van der Waals surface area contributed by atoms with E-state index in [-0.39, 0.29) is 12.0 Å². The van der Waals surface area contributed by atoms with Crippen molar-refractivity contribution in [3.05, 3.63) is 23.8 Å². The van der Waals surface area contributed by atoms with Gasteiger partial charge >= 0.3 is 0 Å². The lowest BCUT2D eigenvalue weighted by atomic mass is 9.90. The Morgan fingerprint density at radius 2 is 1.95 bits per heavy atom. The van der Waals surface area contributed by atoms with Crippen LogP contribution in [0.1, 0.15) is 31.4 Å². The second kappa shape index (κ2) is 5.39. The average molecular weight is 264 g/mol. The molecule has 4 nitrogen and oxygen atoms in total.